The lowest BCUT2D eigenvalue weighted by Gasteiger charge is -2.11. The van der Waals surface area contributed by atoms with Crippen LogP contribution in [-0.2, 0) is 13.0 Å². The summed E-state index contributed by atoms with van der Waals surface area (Å²) >= 11 is 0. The van der Waals surface area contributed by atoms with Gasteiger partial charge in [-0.3, -0.25) is 0 Å². The van der Waals surface area contributed by atoms with Crippen LogP contribution in [0, 0.1) is 10.1 Å². The van der Waals surface area contributed by atoms with E-state index in [1.54, 1.807) is 0 Å². The number of ether oxygens (including phenoxy) is 2. The van der Waals surface area contributed by atoms with E-state index in [1.165, 1.54) is 11.0 Å². The van der Waals surface area contributed by atoms with Crippen LogP contribution in [0.5, 0.6) is 11.5 Å². The van der Waals surface area contributed by atoms with Crippen LogP contribution in [0.1, 0.15) is 25.0 Å². The zero-order chi connectivity index (χ0) is 15.7. The molecule has 0 radical (unpaired) electrons. The topological polar surface area (TPSA) is 92.3 Å². The summed E-state index contributed by atoms with van der Waals surface area (Å²) in [4.78, 5) is 13.7. The third-order valence-corrected chi connectivity index (χ3v) is 3.40. The lowest BCUT2D eigenvalue weighted by Crippen LogP contribution is -2.05. The highest BCUT2D eigenvalue weighted by Crippen LogP contribution is 2.35. The van der Waals surface area contributed by atoms with Gasteiger partial charge >= 0.3 is 5.95 Å². The van der Waals surface area contributed by atoms with Crippen molar-refractivity contribution in [3.8, 4) is 11.5 Å². The second-order valence-corrected chi connectivity index (χ2v) is 5.13. The summed E-state index contributed by atoms with van der Waals surface area (Å²) in [5.41, 5.74) is 1.97. The Morgan fingerprint density at radius 3 is 3.05 bits per heavy atom. The Labute approximate surface area is 126 Å². The Morgan fingerprint density at radius 2 is 2.36 bits per heavy atom. The van der Waals surface area contributed by atoms with E-state index < -0.39 is 10.9 Å². The summed E-state index contributed by atoms with van der Waals surface area (Å²) in [5, 5.41) is 14.5. The predicted molar refractivity (Wildman–Crippen MR) is 77.2 cm³/mol. The molecule has 0 spiro atoms. The number of hydrogen-bond acceptors (Lipinski definition) is 6. The van der Waals surface area contributed by atoms with Gasteiger partial charge in [-0.1, -0.05) is 4.98 Å². The summed E-state index contributed by atoms with van der Waals surface area (Å²) in [6.07, 6.45) is 2.34. The van der Waals surface area contributed by atoms with Crippen LogP contribution in [0.25, 0.3) is 0 Å². The second kappa shape index (κ2) is 5.63. The molecule has 0 fully saturated rings. The molecule has 1 atom stereocenters. The molecule has 0 saturated carbocycles. The van der Waals surface area contributed by atoms with Crippen molar-refractivity contribution < 1.29 is 14.4 Å². The van der Waals surface area contributed by atoms with Gasteiger partial charge in [0.2, 0.25) is 6.33 Å². The highest BCUT2D eigenvalue weighted by Gasteiger charge is 2.23. The summed E-state index contributed by atoms with van der Waals surface area (Å²) in [6, 6.07) is 3.89. The molecule has 1 aromatic carbocycles. The third-order valence-electron chi connectivity index (χ3n) is 3.40. The summed E-state index contributed by atoms with van der Waals surface area (Å²) < 4.78 is 12.8. The molecule has 1 aliphatic rings. The minimum atomic E-state index is -0.618. The summed E-state index contributed by atoms with van der Waals surface area (Å²) in [7, 11) is 0. The smallest absolute Gasteiger partial charge is 0.490 e. The van der Waals surface area contributed by atoms with Gasteiger partial charge in [0.15, 0.2) is 0 Å². The van der Waals surface area contributed by atoms with Gasteiger partial charge in [-0.2, -0.15) is 4.68 Å². The number of rotatable bonds is 5. The van der Waals surface area contributed by atoms with Crippen LogP contribution in [-0.4, -0.2) is 32.4 Å². The molecule has 3 rings (SSSR count). The van der Waals surface area contributed by atoms with E-state index in [0.717, 1.165) is 29.0 Å². The molecule has 0 N–H and O–H groups in total. The number of nitro groups is 1. The first-order chi connectivity index (χ1) is 10.6. The van der Waals surface area contributed by atoms with E-state index in [-0.39, 0.29) is 6.10 Å². The average molecular weight is 304 g/mol. The minimum Gasteiger partial charge on any atom is -0.494 e. The van der Waals surface area contributed by atoms with Crippen molar-refractivity contribution in [2.24, 2.45) is 0 Å². The van der Waals surface area contributed by atoms with Crippen LogP contribution in [0.3, 0.4) is 0 Å². The number of aromatic nitrogens is 3. The molecule has 2 aromatic rings. The van der Waals surface area contributed by atoms with Crippen LogP contribution in [0.2, 0.25) is 0 Å². The van der Waals surface area contributed by atoms with Crippen molar-refractivity contribution >= 4 is 5.95 Å². The fourth-order valence-electron chi connectivity index (χ4n) is 2.51. The van der Waals surface area contributed by atoms with E-state index in [1.807, 2.05) is 26.0 Å². The van der Waals surface area contributed by atoms with Gasteiger partial charge in [0.1, 0.15) is 17.6 Å². The normalized spacial score (nSPS) is 16.2. The SMILES string of the molecule is CCOc1cc2c(cc1Cn1cnc([N+](=O)[O-])n1)O[C@@H](C)C2. The van der Waals surface area contributed by atoms with Crippen molar-refractivity contribution in [2.45, 2.75) is 32.9 Å². The van der Waals surface area contributed by atoms with Gasteiger partial charge in [0.05, 0.1) is 13.2 Å². The first-order valence-corrected chi connectivity index (χ1v) is 7.06. The van der Waals surface area contributed by atoms with Crippen molar-refractivity contribution in [2.75, 3.05) is 6.61 Å². The van der Waals surface area contributed by atoms with Gasteiger partial charge in [-0.15, -0.1) is 0 Å². The van der Waals surface area contributed by atoms with Crippen molar-refractivity contribution in [3.63, 3.8) is 0 Å². The number of hydrogen-bond donors (Lipinski definition) is 0. The Morgan fingerprint density at radius 1 is 1.55 bits per heavy atom. The average Bonchev–Trinajstić information content (AvgIpc) is 3.05. The lowest BCUT2D eigenvalue weighted by atomic mass is 10.1. The van der Waals surface area contributed by atoms with E-state index in [4.69, 9.17) is 9.47 Å². The fraction of sp³-hybridized carbons (Fsp3) is 0.429. The molecule has 0 bridgehead atoms. The second-order valence-electron chi connectivity index (χ2n) is 5.13. The van der Waals surface area contributed by atoms with E-state index in [2.05, 4.69) is 10.1 Å². The third kappa shape index (κ3) is 2.72. The van der Waals surface area contributed by atoms with Gasteiger partial charge in [-0.25, -0.2) is 0 Å². The molecule has 0 amide bonds. The van der Waals surface area contributed by atoms with E-state index >= 15 is 0 Å². The van der Waals surface area contributed by atoms with Gasteiger partial charge in [-0.05, 0) is 30.9 Å². The summed E-state index contributed by atoms with van der Waals surface area (Å²) in [6.45, 7) is 4.80. The van der Waals surface area contributed by atoms with E-state index in [9.17, 15) is 10.1 Å². The highest BCUT2D eigenvalue weighted by molar-refractivity contribution is 5.48. The standard InChI is InChI=1S/C14H16N4O4/c1-3-21-12-5-10-4-9(2)22-13(10)6-11(12)7-17-8-15-14(16-17)18(19)20/h5-6,8-9H,3-4,7H2,1-2H3/t9-/m0/s1. The molecule has 0 aliphatic carbocycles. The maximum Gasteiger partial charge on any atom is 0.490 e. The molecule has 8 nitrogen and oxygen atoms in total. The molecular formula is C14H16N4O4. The molecule has 2 heterocycles. The zero-order valence-corrected chi connectivity index (χ0v) is 12.4. The van der Waals surface area contributed by atoms with Crippen molar-refractivity contribution in [1.29, 1.82) is 0 Å². The van der Waals surface area contributed by atoms with Crippen molar-refractivity contribution in [1.82, 2.24) is 14.8 Å². The maximum atomic E-state index is 10.6. The quantitative estimate of drug-likeness (QED) is 0.619. The number of benzene rings is 1. The molecule has 0 saturated heterocycles. The van der Waals surface area contributed by atoms with Crippen LogP contribution in [0.15, 0.2) is 18.5 Å². The first kappa shape index (κ1) is 14.3. The molecule has 8 heteroatoms. The molecule has 22 heavy (non-hydrogen) atoms. The van der Waals surface area contributed by atoms with Crippen molar-refractivity contribution in [3.05, 3.63) is 39.7 Å². The zero-order valence-electron chi connectivity index (χ0n) is 12.4. The van der Waals surface area contributed by atoms with Crippen LogP contribution >= 0.6 is 0 Å². The van der Waals surface area contributed by atoms with E-state index in [0.29, 0.717) is 13.2 Å². The monoisotopic (exact) mass is 304 g/mol. The molecule has 0 unspecified atom stereocenters. The van der Waals surface area contributed by atoms with Gasteiger partial charge in [0, 0.05) is 22.6 Å². The molecular weight excluding hydrogens is 288 g/mol. The fourth-order valence-corrected chi connectivity index (χ4v) is 2.51. The first-order valence-electron chi connectivity index (χ1n) is 7.06. The van der Waals surface area contributed by atoms with Gasteiger partial charge < -0.3 is 19.6 Å². The Bertz CT molecular complexity index is 713. The summed E-state index contributed by atoms with van der Waals surface area (Å²) in [5.74, 6) is 1.17. The minimum absolute atomic E-state index is 0.146. The van der Waals surface area contributed by atoms with Crippen LogP contribution in [0.4, 0.5) is 5.95 Å². The molecule has 1 aliphatic heterocycles. The predicted octanol–water partition coefficient (Wildman–Crippen LogP) is 1.96. The Balaban J connectivity index is 1.91. The Kier molecular flexibility index (Phi) is 3.66. The maximum absolute atomic E-state index is 10.6. The highest BCUT2D eigenvalue weighted by atomic mass is 16.6. The molecule has 1 aromatic heterocycles. The number of fused-ring (bicyclic) bond motifs is 1. The molecule has 116 valence electrons. The lowest BCUT2D eigenvalue weighted by molar-refractivity contribution is -0.394. The Hall–Kier alpha value is -2.64. The number of nitrogens with zero attached hydrogens (tertiary/aromatic N) is 4. The van der Waals surface area contributed by atoms with Crippen LogP contribution < -0.4 is 9.47 Å². The van der Waals surface area contributed by atoms with Gasteiger partial charge in [0.25, 0.3) is 0 Å². The largest absolute Gasteiger partial charge is 0.494 e.